The first-order valence-electron chi connectivity index (χ1n) is 5.19. The number of nitrogens with one attached hydrogen (secondary N) is 1. The Hall–Kier alpha value is -1.21. The van der Waals surface area contributed by atoms with Crippen LogP contribution in [0, 0.1) is 0 Å². The van der Waals surface area contributed by atoms with Gasteiger partial charge < -0.3 is 0 Å². The second-order valence-corrected chi connectivity index (χ2v) is 4.10. The Morgan fingerprint density at radius 2 is 1.65 bits per heavy atom. The van der Waals surface area contributed by atoms with Gasteiger partial charge in [-0.2, -0.15) is 27.1 Å². The molecule has 3 nitrogen and oxygen atoms in total. The fourth-order valence-electron chi connectivity index (χ4n) is 1.92. The van der Waals surface area contributed by atoms with Gasteiger partial charge in [0.25, 0.3) is 0 Å². The molecule has 2 rings (SSSR count). The van der Waals surface area contributed by atoms with Crippen LogP contribution in [-0.2, 0) is 5.92 Å². The van der Waals surface area contributed by atoms with Gasteiger partial charge in [-0.25, -0.2) is 4.98 Å². The van der Waals surface area contributed by atoms with Crippen LogP contribution in [0.2, 0.25) is 0 Å². The second kappa shape index (κ2) is 3.92. The Bertz CT molecular complexity index is 392. The molecule has 0 saturated heterocycles. The Morgan fingerprint density at radius 1 is 1.06 bits per heavy atom. The van der Waals surface area contributed by atoms with E-state index in [1.165, 1.54) is 0 Å². The average molecular weight is 255 g/mol. The van der Waals surface area contributed by atoms with E-state index in [4.69, 9.17) is 0 Å². The fourth-order valence-corrected chi connectivity index (χ4v) is 1.92. The molecule has 1 fully saturated rings. The van der Waals surface area contributed by atoms with Crippen molar-refractivity contribution in [2.75, 3.05) is 0 Å². The van der Waals surface area contributed by atoms with Gasteiger partial charge in [-0.3, -0.25) is 5.10 Å². The zero-order valence-electron chi connectivity index (χ0n) is 8.69. The Balaban J connectivity index is 2.23. The van der Waals surface area contributed by atoms with Gasteiger partial charge >= 0.3 is 12.1 Å². The predicted molar refractivity (Wildman–Crippen MR) is 47.5 cm³/mol. The van der Waals surface area contributed by atoms with Gasteiger partial charge in [-0.1, -0.05) is 12.8 Å². The molecule has 1 heterocycles. The summed E-state index contributed by atoms with van der Waals surface area (Å²) in [7, 11) is 0. The molecule has 0 atom stereocenters. The highest BCUT2D eigenvalue weighted by Gasteiger charge is 2.61. The highest BCUT2D eigenvalue weighted by molar-refractivity contribution is 5.05. The number of rotatable bonds is 2. The van der Waals surface area contributed by atoms with Crippen molar-refractivity contribution in [3.8, 4) is 0 Å². The van der Waals surface area contributed by atoms with Crippen molar-refractivity contribution in [2.45, 2.75) is 43.7 Å². The molecule has 0 bridgehead atoms. The van der Waals surface area contributed by atoms with Crippen molar-refractivity contribution in [1.82, 2.24) is 15.2 Å². The van der Waals surface area contributed by atoms with Crippen molar-refractivity contribution >= 4 is 0 Å². The molecule has 17 heavy (non-hydrogen) atoms. The highest BCUT2D eigenvalue weighted by atomic mass is 19.4. The summed E-state index contributed by atoms with van der Waals surface area (Å²) >= 11 is 0. The average Bonchev–Trinajstić information content (AvgIpc) is 2.87. The zero-order valence-corrected chi connectivity index (χ0v) is 8.69. The van der Waals surface area contributed by atoms with Crippen LogP contribution in [0.3, 0.4) is 0 Å². The third-order valence-electron chi connectivity index (χ3n) is 2.88. The van der Waals surface area contributed by atoms with Crippen molar-refractivity contribution in [3.05, 3.63) is 11.6 Å². The van der Waals surface area contributed by atoms with Gasteiger partial charge in [0.1, 0.15) is 5.82 Å². The molecule has 1 aromatic heterocycles. The van der Waals surface area contributed by atoms with Gasteiger partial charge in [0.15, 0.2) is 0 Å². The quantitative estimate of drug-likeness (QED) is 0.825. The predicted octanol–water partition coefficient (Wildman–Crippen LogP) is 3.12. The number of nitrogens with zero attached hydrogens (tertiary/aromatic N) is 2. The van der Waals surface area contributed by atoms with Gasteiger partial charge in [0.2, 0.25) is 5.82 Å². The third kappa shape index (κ3) is 2.12. The van der Waals surface area contributed by atoms with Crippen LogP contribution >= 0.6 is 0 Å². The molecule has 96 valence electrons. The molecular weight excluding hydrogens is 245 g/mol. The minimum atomic E-state index is -5.66. The highest BCUT2D eigenvalue weighted by Crippen LogP contribution is 2.43. The number of hydrogen-bond acceptors (Lipinski definition) is 2. The summed E-state index contributed by atoms with van der Waals surface area (Å²) in [5.74, 6) is -6.45. The molecule has 0 unspecified atom stereocenters. The first-order chi connectivity index (χ1) is 7.82. The van der Waals surface area contributed by atoms with E-state index in [0.29, 0.717) is 0 Å². The summed E-state index contributed by atoms with van der Waals surface area (Å²) in [5.41, 5.74) is 0. The minimum absolute atomic E-state index is 0.0831. The Morgan fingerprint density at radius 3 is 2.18 bits per heavy atom. The minimum Gasteiger partial charge on any atom is -0.263 e. The molecule has 8 heteroatoms. The summed E-state index contributed by atoms with van der Waals surface area (Å²) in [5, 5.41) is 5.18. The van der Waals surface area contributed by atoms with Gasteiger partial charge in [0.05, 0.1) is 0 Å². The van der Waals surface area contributed by atoms with Gasteiger partial charge in [0, 0.05) is 5.92 Å². The normalized spacial score (nSPS) is 18.9. The number of hydrogen-bond donors (Lipinski definition) is 1. The van der Waals surface area contributed by atoms with Crippen molar-refractivity contribution in [3.63, 3.8) is 0 Å². The van der Waals surface area contributed by atoms with E-state index < -0.39 is 17.9 Å². The first-order valence-corrected chi connectivity index (χ1v) is 5.19. The maximum Gasteiger partial charge on any atom is 0.461 e. The summed E-state index contributed by atoms with van der Waals surface area (Å²) in [6, 6.07) is 0. The van der Waals surface area contributed by atoms with E-state index in [-0.39, 0.29) is 11.7 Å². The molecule has 1 aromatic rings. The molecule has 1 aliphatic carbocycles. The first kappa shape index (κ1) is 12.3. The number of aromatic amines is 1. The number of halogens is 5. The molecule has 0 aliphatic heterocycles. The summed E-state index contributed by atoms with van der Waals surface area (Å²) in [6.07, 6.45) is -2.33. The summed E-state index contributed by atoms with van der Waals surface area (Å²) < 4.78 is 62.0. The molecular formula is C9H10F5N3. The van der Waals surface area contributed by atoms with Crippen molar-refractivity contribution in [2.24, 2.45) is 0 Å². The largest absolute Gasteiger partial charge is 0.461 e. The van der Waals surface area contributed by atoms with Crippen LogP contribution in [-0.4, -0.2) is 21.4 Å². The number of aromatic nitrogens is 3. The molecule has 0 spiro atoms. The summed E-state index contributed by atoms with van der Waals surface area (Å²) in [6.45, 7) is 0. The van der Waals surface area contributed by atoms with Crippen LogP contribution in [0.5, 0.6) is 0 Å². The smallest absolute Gasteiger partial charge is 0.263 e. The zero-order chi connectivity index (χ0) is 12.7. The SMILES string of the molecule is FC(F)(F)C(F)(F)c1n[nH]c(C2CCCC2)n1. The van der Waals surface area contributed by atoms with Crippen LogP contribution in [0.15, 0.2) is 0 Å². The van der Waals surface area contributed by atoms with E-state index in [9.17, 15) is 22.0 Å². The van der Waals surface area contributed by atoms with Crippen LogP contribution < -0.4 is 0 Å². The van der Waals surface area contributed by atoms with Crippen molar-refractivity contribution in [1.29, 1.82) is 0 Å². The Labute approximate surface area is 93.4 Å². The molecule has 1 saturated carbocycles. The maximum absolute atomic E-state index is 12.9. The monoisotopic (exact) mass is 255 g/mol. The van der Waals surface area contributed by atoms with E-state index in [1.54, 1.807) is 0 Å². The summed E-state index contributed by atoms with van der Waals surface area (Å²) in [4.78, 5) is 3.29. The fraction of sp³-hybridized carbons (Fsp3) is 0.778. The number of H-pyrrole nitrogens is 1. The van der Waals surface area contributed by atoms with Gasteiger partial charge in [-0.15, -0.1) is 0 Å². The van der Waals surface area contributed by atoms with Crippen molar-refractivity contribution < 1.29 is 22.0 Å². The van der Waals surface area contributed by atoms with Crippen LogP contribution in [0.1, 0.15) is 43.3 Å². The maximum atomic E-state index is 12.9. The van der Waals surface area contributed by atoms with Crippen LogP contribution in [0.4, 0.5) is 22.0 Å². The molecule has 0 amide bonds. The third-order valence-corrected chi connectivity index (χ3v) is 2.88. The lowest BCUT2D eigenvalue weighted by Gasteiger charge is -2.15. The van der Waals surface area contributed by atoms with E-state index in [2.05, 4.69) is 15.2 Å². The molecule has 1 aliphatic rings. The second-order valence-electron chi connectivity index (χ2n) is 4.10. The number of alkyl halides is 5. The standard InChI is InChI=1S/C9H10F5N3/c10-8(11,9(12,13)14)7-15-6(16-17-7)5-3-1-2-4-5/h5H,1-4H2,(H,15,16,17). The van der Waals surface area contributed by atoms with E-state index >= 15 is 0 Å². The van der Waals surface area contributed by atoms with Gasteiger partial charge in [-0.05, 0) is 12.8 Å². The van der Waals surface area contributed by atoms with E-state index in [1.807, 2.05) is 0 Å². The topological polar surface area (TPSA) is 41.6 Å². The molecule has 0 radical (unpaired) electrons. The lowest BCUT2D eigenvalue weighted by molar-refractivity contribution is -0.292. The molecule has 1 N–H and O–H groups in total. The lowest BCUT2D eigenvalue weighted by atomic mass is 10.1. The lowest BCUT2D eigenvalue weighted by Crippen LogP contribution is -2.34. The molecule has 0 aromatic carbocycles. The van der Waals surface area contributed by atoms with Crippen LogP contribution in [0.25, 0.3) is 0 Å². The van der Waals surface area contributed by atoms with E-state index in [0.717, 1.165) is 25.7 Å². The Kier molecular flexibility index (Phi) is 2.82.